The normalized spacial score (nSPS) is 28.9. The zero-order valence-corrected chi connectivity index (χ0v) is 10.6. The predicted octanol–water partition coefficient (Wildman–Crippen LogP) is 1.80. The van der Waals surface area contributed by atoms with Crippen LogP contribution < -0.4 is 0 Å². The topological polar surface area (TPSA) is 29.5 Å². The van der Waals surface area contributed by atoms with Crippen molar-refractivity contribution in [2.24, 2.45) is 0 Å². The van der Waals surface area contributed by atoms with Crippen molar-refractivity contribution < 1.29 is 9.53 Å². The Morgan fingerprint density at radius 2 is 2.29 bits per heavy atom. The van der Waals surface area contributed by atoms with Crippen LogP contribution in [-0.2, 0) is 9.53 Å². The van der Waals surface area contributed by atoms with Crippen LogP contribution in [-0.4, -0.2) is 41.4 Å². The highest BCUT2D eigenvalue weighted by Gasteiger charge is 2.31. The maximum Gasteiger partial charge on any atom is 0.251 e. The van der Waals surface area contributed by atoms with E-state index < -0.39 is 0 Å². The van der Waals surface area contributed by atoms with Crippen molar-refractivity contribution in [3.63, 3.8) is 0 Å². The number of carbonyl (C=O) groups is 1. The summed E-state index contributed by atoms with van der Waals surface area (Å²) in [4.78, 5) is 13.6. The first kappa shape index (κ1) is 12.0. The summed E-state index contributed by atoms with van der Waals surface area (Å²) in [6.45, 7) is 4.03. The molecule has 1 heterocycles. The molecule has 0 spiro atoms. The SMILES string of the molecule is CC1CCC(C(=O)N(C)C(C)CBr)O1. The summed E-state index contributed by atoms with van der Waals surface area (Å²) >= 11 is 3.37. The number of halogens is 1. The molecule has 0 bridgehead atoms. The number of hydrogen-bond acceptors (Lipinski definition) is 2. The lowest BCUT2D eigenvalue weighted by Gasteiger charge is -2.26. The summed E-state index contributed by atoms with van der Waals surface area (Å²) in [5.74, 6) is 0.112. The van der Waals surface area contributed by atoms with Gasteiger partial charge in [0.25, 0.3) is 5.91 Å². The average Bonchev–Trinajstić information content (AvgIpc) is 2.61. The largest absolute Gasteiger partial charge is 0.365 e. The minimum atomic E-state index is -0.212. The lowest BCUT2D eigenvalue weighted by atomic mass is 10.2. The van der Waals surface area contributed by atoms with Gasteiger partial charge in [-0.05, 0) is 26.7 Å². The summed E-state index contributed by atoms with van der Waals surface area (Å²) in [6.07, 6.45) is 1.87. The van der Waals surface area contributed by atoms with Crippen LogP contribution in [0.5, 0.6) is 0 Å². The monoisotopic (exact) mass is 263 g/mol. The van der Waals surface area contributed by atoms with E-state index in [-0.39, 0.29) is 24.2 Å². The molecule has 0 radical (unpaired) electrons. The number of amides is 1. The lowest BCUT2D eigenvalue weighted by molar-refractivity contribution is -0.142. The smallest absolute Gasteiger partial charge is 0.251 e. The van der Waals surface area contributed by atoms with Gasteiger partial charge in [-0.1, -0.05) is 15.9 Å². The number of rotatable bonds is 3. The molecule has 14 heavy (non-hydrogen) atoms. The van der Waals surface area contributed by atoms with Crippen LogP contribution in [0.25, 0.3) is 0 Å². The molecule has 1 aliphatic rings. The third-order valence-electron chi connectivity index (χ3n) is 2.74. The minimum absolute atomic E-state index is 0.112. The predicted molar refractivity (Wildman–Crippen MR) is 59.6 cm³/mol. The van der Waals surface area contributed by atoms with Gasteiger partial charge in [0, 0.05) is 18.4 Å². The number of alkyl halides is 1. The molecule has 0 aromatic rings. The van der Waals surface area contributed by atoms with E-state index in [2.05, 4.69) is 15.9 Å². The Hall–Kier alpha value is -0.0900. The van der Waals surface area contributed by atoms with Crippen molar-refractivity contribution in [1.82, 2.24) is 4.90 Å². The van der Waals surface area contributed by atoms with Gasteiger partial charge in [-0.2, -0.15) is 0 Å². The number of ether oxygens (including phenoxy) is 1. The van der Waals surface area contributed by atoms with Crippen molar-refractivity contribution >= 4 is 21.8 Å². The van der Waals surface area contributed by atoms with E-state index in [1.165, 1.54) is 0 Å². The number of nitrogens with zero attached hydrogens (tertiary/aromatic N) is 1. The van der Waals surface area contributed by atoms with Crippen LogP contribution in [0.3, 0.4) is 0 Å². The van der Waals surface area contributed by atoms with Crippen molar-refractivity contribution in [1.29, 1.82) is 0 Å². The van der Waals surface area contributed by atoms with Crippen LogP contribution in [0.2, 0.25) is 0 Å². The molecule has 4 heteroatoms. The van der Waals surface area contributed by atoms with Gasteiger partial charge in [0.2, 0.25) is 0 Å². The maximum atomic E-state index is 11.9. The summed E-state index contributed by atoms with van der Waals surface area (Å²) in [7, 11) is 1.83. The fourth-order valence-electron chi connectivity index (χ4n) is 1.53. The second-order valence-electron chi connectivity index (χ2n) is 3.97. The van der Waals surface area contributed by atoms with Crippen molar-refractivity contribution in [3.8, 4) is 0 Å². The van der Waals surface area contributed by atoms with Gasteiger partial charge in [-0.3, -0.25) is 4.79 Å². The van der Waals surface area contributed by atoms with Crippen LogP contribution in [0.1, 0.15) is 26.7 Å². The second kappa shape index (κ2) is 5.12. The standard InChI is InChI=1S/C10H18BrNO2/c1-7(6-11)12(3)10(13)9-5-4-8(2)14-9/h7-9H,4-6H2,1-3H3. The Balaban J connectivity index is 2.48. The summed E-state index contributed by atoms with van der Waals surface area (Å²) < 4.78 is 5.53. The second-order valence-corrected chi connectivity index (χ2v) is 4.61. The average molecular weight is 264 g/mol. The molecular weight excluding hydrogens is 246 g/mol. The molecule has 3 nitrogen and oxygen atoms in total. The van der Waals surface area contributed by atoms with Crippen molar-refractivity contribution in [3.05, 3.63) is 0 Å². The number of hydrogen-bond donors (Lipinski definition) is 0. The van der Waals surface area contributed by atoms with E-state index in [1.54, 1.807) is 4.90 Å². The molecule has 0 aromatic heterocycles. The molecule has 0 aromatic carbocycles. The Kier molecular flexibility index (Phi) is 4.38. The minimum Gasteiger partial charge on any atom is -0.365 e. The summed E-state index contributed by atoms with van der Waals surface area (Å²) in [5.41, 5.74) is 0. The molecule has 1 saturated heterocycles. The van der Waals surface area contributed by atoms with Gasteiger partial charge in [0.05, 0.1) is 6.10 Å². The third kappa shape index (κ3) is 2.70. The first-order valence-corrected chi connectivity index (χ1v) is 6.16. The quantitative estimate of drug-likeness (QED) is 0.727. The van der Waals surface area contributed by atoms with Gasteiger partial charge < -0.3 is 9.64 Å². The molecular formula is C10H18BrNO2. The first-order valence-electron chi connectivity index (χ1n) is 5.04. The molecule has 0 saturated carbocycles. The van der Waals surface area contributed by atoms with Gasteiger partial charge in [0.15, 0.2) is 0 Å². The Morgan fingerprint density at radius 1 is 1.64 bits per heavy atom. The van der Waals surface area contributed by atoms with Gasteiger partial charge in [0.1, 0.15) is 6.10 Å². The highest BCUT2D eigenvalue weighted by Crippen LogP contribution is 2.21. The molecule has 3 unspecified atom stereocenters. The van der Waals surface area contributed by atoms with Crippen LogP contribution >= 0.6 is 15.9 Å². The van der Waals surface area contributed by atoms with Crippen LogP contribution in [0.15, 0.2) is 0 Å². The molecule has 1 aliphatic heterocycles. The Bertz CT molecular complexity index is 206. The summed E-state index contributed by atoms with van der Waals surface area (Å²) in [5, 5.41) is 0.803. The number of likely N-dealkylation sites (N-methyl/N-ethyl adjacent to an activating group) is 1. The van der Waals surface area contributed by atoms with E-state index in [0.29, 0.717) is 0 Å². The van der Waals surface area contributed by atoms with Crippen LogP contribution in [0, 0.1) is 0 Å². The van der Waals surface area contributed by atoms with E-state index in [9.17, 15) is 4.79 Å². The fraction of sp³-hybridized carbons (Fsp3) is 0.900. The molecule has 1 rings (SSSR count). The van der Waals surface area contributed by atoms with Gasteiger partial charge >= 0.3 is 0 Å². The van der Waals surface area contributed by atoms with E-state index >= 15 is 0 Å². The van der Waals surface area contributed by atoms with Crippen molar-refractivity contribution in [2.75, 3.05) is 12.4 Å². The highest BCUT2D eigenvalue weighted by atomic mass is 79.9. The van der Waals surface area contributed by atoms with Gasteiger partial charge in [-0.15, -0.1) is 0 Å². The molecule has 0 aliphatic carbocycles. The van der Waals surface area contributed by atoms with E-state index in [1.807, 2.05) is 20.9 Å². The van der Waals surface area contributed by atoms with E-state index in [0.717, 1.165) is 18.2 Å². The molecule has 82 valence electrons. The zero-order valence-electron chi connectivity index (χ0n) is 9.00. The molecule has 0 N–H and O–H groups in total. The highest BCUT2D eigenvalue weighted by molar-refractivity contribution is 9.09. The maximum absolute atomic E-state index is 11.9. The number of carbonyl (C=O) groups excluding carboxylic acids is 1. The molecule has 1 amide bonds. The zero-order chi connectivity index (χ0) is 10.7. The van der Waals surface area contributed by atoms with E-state index in [4.69, 9.17) is 4.74 Å². The van der Waals surface area contributed by atoms with Crippen molar-refractivity contribution in [2.45, 2.75) is 44.9 Å². The first-order chi connectivity index (χ1) is 6.56. The fourth-order valence-corrected chi connectivity index (χ4v) is 1.97. The van der Waals surface area contributed by atoms with Crippen LogP contribution in [0.4, 0.5) is 0 Å². The third-order valence-corrected chi connectivity index (χ3v) is 3.68. The summed E-state index contributed by atoms with van der Waals surface area (Å²) in [6, 6.07) is 0.224. The molecule has 3 atom stereocenters. The lowest BCUT2D eigenvalue weighted by Crippen LogP contribution is -2.42. The molecule has 1 fully saturated rings. The Morgan fingerprint density at radius 3 is 2.71 bits per heavy atom. The van der Waals surface area contributed by atoms with Gasteiger partial charge in [-0.25, -0.2) is 0 Å². The Labute approximate surface area is 93.9 Å².